The number of sulfonamides is 1. The molecule has 0 radical (unpaired) electrons. The van der Waals surface area contributed by atoms with Crippen LogP contribution in [0.3, 0.4) is 0 Å². The molecule has 1 aliphatic heterocycles. The zero-order valence-electron chi connectivity index (χ0n) is 15.7. The summed E-state index contributed by atoms with van der Waals surface area (Å²) in [6.45, 7) is 2.76. The van der Waals surface area contributed by atoms with Gasteiger partial charge in [-0.1, -0.05) is 17.7 Å². The van der Waals surface area contributed by atoms with Crippen molar-refractivity contribution >= 4 is 32.4 Å². The van der Waals surface area contributed by atoms with Crippen molar-refractivity contribution in [3.05, 3.63) is 65.2 Å². The summed E-state index contributed by atoms with van der Waals surface area (Å²) in [5.74, 6) is -0.729. The average Bonchev–Trinajstić information content (AvgIpc) is 2.83. The van der Waals surface area contributed by atoms with E-state index < -0.39 is 28.4 Å². The summed E-state index contributed by atoms with van der Waals surface area (Å²) in [5.41, 5.74) is 2.00. The van der Waals surface area contributed by atoms with E-state index >= 15 is 0 Å². The molecule has 28 heavy (non-hydrogen) atoms. The molecule has 0 aromatic heterocycles. The standard InChI is InChI=1S/C20H20N2O5S/c1-13-4-8-16(9-5-13)21-18(23)12-22-20(24)14(2)19(28(22,25)26)15-6-10-17(27-3)11-7-15/h4-11H,12H2,1-3H3,(H,21,23). The molecule has 0 aliphatic carbocycles. The minimum atomic E-state index is -4.13. The van der Waals surface area contributed by atoms with Crippen molar-refractivity contribution in [3.8, 4) is 5.75 Å². The Morgan fingerprint density at radius 3 is 2.21 bits per heavy atom. The van der Waals surface area contributed by atoms with Gasteiger partial charge in [-0.15, -0.1) is 0 Å². The van der Waals surface area contributed by atoms with Crippen LogP contribution < -0.4 is 10.1 Å². The van der Waals surface area contributed by atoms with Crippen LogP contribution >= 0.6 is 0 Å². The summed E-state index contributed by atoms with van der Waals surface area (Å²) in [6.07, 6.45) is 0. The number of benzene rings is 2. The van der Waals surface area contributed by atoms with Crippen LogP contribution in [0.1, 0.15) is 18.1 Å². The molecule has 1 N–H and O–H groups in total. The topological polar surface area (TPSA) is 92.8 Å². The van der Waals surface area contributed by atoms with Crippen molar-refractivity contribution in [2.24, 2.45) is 0 Å². The number of amides is 2. The lowest BCUT2D eigenvalue weighted by Crippen LogP contribution is -2.38. The molecule has 0 unspecified atom stereocenters. The van der Waals surface area contributed by atoms with Gasteiger partial charge in [-0.3, -0.25) is 9.59 Å². The maximum atomic E-state index is 12.9. The number of hydrogen-bond acceptors (Lipinski definition) is 5. The molecule has 1 aliphatic rings. The Balaban J connectivity index is 1.83. The van der Waals surface area contributed by atoms with Gasteiger partial charge in [-0.25, -0.2) is 12.7 Å². The first kappa shape index (κ1) is 19.6. The van der Waals surface area contributed by atoms with Gasteiger partial charge < -0.3 is 10.1 Å². The van der Waals surface area contributed by atoms with Crippen LogP contribution in [0.2, 0.25) is 0 Å². The van der Waals surface area contributed by atoms with Gasteiger partial charge in [0.15, 0.2) is 0 Å². The van der Waals surface area contributed by atoms with Crippen LogP contribution in [0.15, 0.2) is 54.1 Å². The average molecular weight is 400 g/mol. The van der Waals surface area contributed by atoms with E-state index in [1.807, 2.05) is 19.1 Å². The predicted octanol–water partition coefficient (Wildman–Crippen LogP) is 2.55. The fraction of sp³-hybridized carbons (Fsp3) is 0.200. The van der Waals surface area contributed by atoms with Gasteiger partial charge >= 0.3 is 0 Å². The van der Waals surface area contributed by atoms with Gasteiger partial charge in [0.05, 0.1) is 7.11 Å². The van der Waals surface area contributed by atoms with Gasteiger partial charge in [-0.05, 0) is 55.8 Å². The Bertz CT molecular complexity index is 1050. The maximum Gasteiger partial charge on any atom is 0.268 e. The largest absolute Gasteiger partial charge is 0.497 e. The molecule has 2 aromatic rings. The Morgan fingerprint density at radius 2 is 1.64 bits per heavy atom. The van der Waals surface area contributed by atoms with Crippen LogP contribution in [0.5, 0.6) is 5.75 Å². The summed E-state index contributed by atoms with van der Waals surface area (Å²) in [4.78, 5) is 24.8. The van der Waals surface area contributed by atoms with E-state index in [4.69, 9.17) is 4.74 Å². The summed E-state index contributed by atoms with van der Waals surface area (Å²) >= 11 is 0. The first-order valence-corrected chi connectivity index (χ1v) is 9.97. The number of hydrogen-bond donors (Lipinski definition) is 1. The van der Waals surface area contributed by atoms with Crippen LogP contribution in [-0.4, -0.2) is 38.2 Å². The molecule has 0 saturated carbocycles. The number of aryl methyl sites for hydroxylation is 1. The second-order valence-corrected chi connectivity index (χ2v) is 8.21. The number of anilines is 1. The fourth-order valence-electron chi connectivity index (χ4n) is 2.93. The minimum Gasteiger partial charge on any atom is -0.497 e. The summed E-state index contributed by atoms with van der Waals surface area (Å²) in [6, 6.07) is 13.4. The second kappa shape index (κ2) is 7.47. The highest BCUT2D eigenvalue weighted by atomic mass is 32.2. The Kier molecular flexibility index (Phi) is 5.24. The molecular formula is C20H20N2O5S. The number of methoxy groups -OCH3 is 1. The highest BCUT2D eigenvalue weighted by Crippen LogP contribution is 2.35. The third-order valence-corrected chi connectivity index (χ3v) is 6.34. The van der Waals surface area contributed by atoms with E-state index in [1.165, 1.54) is 14.0 Å². The van der Waals surface area contributed by atoms with Crippen LogP contribution in [0, 0.1) is 6.92 Å². The highest BCUT2D eigenvalue weighted by Gasteiger charge is 2.43. The van der Waals surface area contributed by atoms with Gasteiger partial charge in [0.25, 0.3) is 15.9 Å². The SMILES string of the molecule is COc1ccc(C2=C(C)C(=O)N(CC(=O)Nc3ccc(C)cc3)S2(=O)=O)cc1. The zero-order chi connectivity index (χ0) is 20.5. The van der Waals surface area contributed by atoms with Crippen LogP contribution in [0.4, 0.5) is 5.69 Å². The summed E-state index contributed by atoms with van der Waals surface area (Å²) in [5, 5.41) is 2.61. The molecule has 2 amide bonds. The number of carbonyl (C=O) groups is 2. The van der Waals surface area contributed by atoms with Crippen molar-refractivity contribution in [1.82, 2.24) is 4.31 Å². The third kappa shape index (κ3) is 3.63. The minimum absolute atomic E-state index is 0.0771. The first-order valence-electron chi connectivity index (χ1n) is 8.53. The highest BCUT2D eigenvalue weighted by molar-refractivity contribution is 7.99. The van der Waals surface area contributed by atoms with Crippen molar-refractivity contribution in [1.29, 1.82) is 0 Å². The normalized spacial score (nSPS) is 15.7. The zero-order valence-corrected chi connectivity index (χ0v) is 16.5. The third-order valence-electron chi connectivity index (χ3n) is 4.41. The molecule has 7 nitrogen and oxygen atoms in total. The number of nitrogens with one attached hydrogen (secondary N) is 1. The summed E-state index contributed by atoms with van der Waals surface area (Å²) in [7, 11) is -2.63. The lowest BCUT2D eigenvalue weighted by atomic mass is 10.1. The monoisotopic (exact) mass is 400 g/mol. The Labute approximate surface area is 163 Å². The van der Waals surface area contributed by atoms with Gasteiger partial charge in [-0.2, -0.15) is 0 Å². The van der Waals surface area contributed by atoms with Crippen molar-refractivity contribution in [2.45, 2.75) is 13.8 Å². The lowest BCUT2D eigenvalue weighted by molar-refractivity contribution is -0.126. The van der Waals surface area contributed by atoms with E-state index in [1.54, 1.807) is 36.4 Å². The molecule has 8 heteroatoms. The van der Waals surface area contributed by atoms with Crippen molar-refractivity contribution in [2.75, 3.05) is 19.0 Å². The Morgan fingerprint density at radius 1 is 1.04 bits per heavy atom. The quantitative estimate of drug-likeness (QED) is 0.833. The van der Waals surface area contributed by atoms with Gasteiger partial charge in [0.2, 0.25) is 5.91 Å². The fourth-order valence-corrected chi connectivity index (χ4v) is 4.70. The number of rotatable bonds is 5. The molecule has 2 aromatic carbocycles. The molecule has 0 atom stereocenters. The van der Waals surface area contributed by atoms with Gasteiger partial charge in [0, 0.05) is 11.3 Å². The number of nitrogens with zero attached hydrogens (tertiary/aromatic N) is 1. The smallest absolute Gasteiger partial charge is 0.268 e. The van der Waals surface area contributed by atoms with Crippen molar-refractivity contribution < 1.29 is 22.7 Å². The molecule has 0 spiro atoms. The van der Waals surface area contributed by atoms with Crippen molar-refractivity contribution in [3.63, 3.8) is 0 Å². The van der Waals surface area contributed by atoms with E-state index in [9.17, 15) is 18.0 Å². The van der Waals surface area contributed by atoms with Gasteiger partial charge in [0.1, 0.15) is 17.2 Å². The molecule has 1 heterocycles. The molecular weight excluding hydrogens is 380 g/mol. The number of ether oxygens (including phenoxy) is 1. The van der Waals surface area contributed by atoms with E-state index in [0.29, 0.717) is 21.3 Å². The molecule has 0 bridgehead atoms. The molecule has 3 rings (SSSR count). The maximum absolute atomic E-state index is 12.9. The van der Waals surface area contributed by atoms with Crippen LogP contribution in [0.25, 0.3) is 4.91 Å². The second-order valence-electron chi connectivity index (χ2n) is 6.41. The predicted molar refractivity (Wildman–Crippen MR) is 106 cm³/mol. The number of carbonyl (C=O) groups excluding carboxylic acids is 2. The lowest BCUT2D eigenvalue weighted by Gasteiger charge is -2.16. The molecule has 0 fully saturated rings. The van der Waals surface area contributed by atoms with E-state index in [2.05, 4.69) is 5.32 Å². The van der Waals surface area contributed by atoms with E-state index in [0.717, 1.165) is 5.56 Å². The Hall–Kier alpha value is -3.13. The first-order chi connectivity index (χ1) is 13.2. The van der Waals surface area contributed by atoms with E-state index in [-0.39, 0.29) is 10.5 Å². The molecule has 146 valence electrons. The summed E-state index contributed by atoms with van der Waals surface area (Å²) < 4.78 is 31.6. The van der Waals surface area contributed by atoms with Crippen LogP contribution in [-0.2, 0) is 19.6 Å². The molecule has 0 saturated heterocycles.